The van der Waals surface area contributed by atoms with Crippen LogP contribution in [0.25, 0.3) is 0 Å². The molecule has 10 heteroatoms. The molecule has 0 atom stereocenters. The first-order valence-electron chi connectivity index (χ1n) is 10.3. The minimum atomic E-state index is -3.38. The molecule has 0 fully saturated rings. The molecule has 0 aromatic heterocycles. The van der Waals surface area contributed by atoms with E-state index in [1.54, 1.807) is 12.1 Å². The van der Waals surface area contributed by atoms with Crippen molar-refractivity contribution in [2.24, 2.45) is 0 Å². The van der Waals surface area contributed by atoms with Gasteiger partial charge in [0.2, 0.25) is 15.9 Å². The van der Waals surface area contributed by atoms with E-state index in [9.17, 15) is 22.8 Å². The summed E-state index contributed by atoms with van der Waals surface area (Å²) < 4.78 is 30.1. The Hall–Kier alpha value is -3.40. The molecule has 176 valence electrons. The first-order valence-corrected chi connectivity index (χ1v) is 12.2. The largest absolute Gasteiger partial charge is 0.452 e. The van der Waals surface area contributed by atoms with Gasteiger partial charge in [-0.1, -0.05) is 18.2 Å². The Morgan fingerprint density at radius 3 is 2.42 bits per heavy atom. The van der Waals surface area contributed by atoms with Crippen LogP contribution < -0.4 is 9.62 Å². The molecule has 0 aliphatic carbocycles. The summed E-state index contributed by atoms with van der Waals surface area (Å²) in [7, 11) is -1.93. The highest BCUT2D eigenvalue weighted by molar-refractivity contribution is 7.92. The monoisotopic (exact) mass is 473 g/mol. The van der Waals surface area contributed by atoms with Crippen molar-refractivity contribution >= 4 is 39.2 Å². The Balaban J connectivity index is 1.54. The van der Waals surface area contributed by atoms with E-state index in [1.807, 2.05) is 32.0 Å². The van der Waals surface area contributed by atoms with Gasteiger partial charge in [-0.2, -0.15) is 0 Å². The number of anilines is 2. The predicted octanol–water partition coefficient (Wildman–Crippen LogP) is 1.88. The average Bonchev–Trinajstić information content (AvgIpc) is 3.18. The number of hydrogen-bond donors (Lipinski definition) is 1. The first-order chi connectivity index (χ1) is 15.5. The molecule has 3 rings (SSSR count). The van der Waals surface area contributed by atoms with E-state index in [0.29, 0.717) is 24.3 Å². The first kappa shape index (κ1) is 24.2. The Morgan fingerprint density at radius 1 is 1.12 bits per heavy atom. The van der Waals surface area contributed by atoms with E-state index in [1.165, 1.54) is 22.3 Å². The highest BCUT2D eigenvalue weighted by atomic mass is 32.2. The van der Waals surface area contributed by atoms with Crippen molar-refractivity contribution in [2.45, 2.75) is 20.3 Å². The van der Waals surface area contributed by atoms with E-state index in [0.717, 1.165) is 22.9 Å². The van der Waals surface area contributed by atoms with Gasteiger partial charge >= 0.3 is 5.97 Å². The Kier molecular flexibility index (Phi) is 7.06. The molecular weight excluding hydrogens is 446 g/mol. The zero-order valence-corrected chi connectivity index (χ0v) is 19.9. The van der Waals surface area contributed by atoms with Crippen LogP contribution in [0.5, 0.6) is 0 Å². The van der Waals surface area contributed by atoms with E-state index in [4.69, 9.17) is 4.74 Å². The Morgan fingerprint density at radius 2 is 1.79 bits per heavy atom. The summed E-state index contributed by atoms with van der Waals surface area (Å²) >= 11 is 0. The third-order valence-electron chi connectivity index (χ3n) is 5.45. The molecule has 9 nitrogen and oxygen atoms in total. The van der Waals surface area contributed by atoms with Gasteiger partial charge in [-0.25, -0.2) is 13.2 Å². The van der Waals surface area contributed by atoms with Gasteiger partial charge in [0.15, 0.2) is 6.61 Å². The quantitative estimate of drug-likeness (QED) is 0.615. The molecule has 33 heavy (non-hydrogen) atoms. The van der Waals surface area contributed by atoms with Crippen LogP contribution in [0.3, 0.4) is 0 Å². The summed E-state index contributed by atoms with van der Waals surface area (Å²) in [5, 5.41) is 2.81. The van der Waals surface area contributed by atoms with E-state index >= 15 is 0 Å². The number of ether oxygens (including phenoxy) is 1. The molecule has 2 aromatic carbocycles. The van der Waals surface area contributed by atoms with Crippen LogP contribution in [0.15, 0.2) is 36.4 Å². The highest BCUT2D eigenvalue weighted by Crippen LogP contribution is 2.30. The lowest BCUT2D eigenvalue weighted by Gasteiger charge is -2.18. The summed E-state index contributed by atoms with van der Waals surface area (Å²) in [5.41, 5.74) is 4.04. The summed E-state index contributed by atoms with van der Waals surface area (Å²) in [6, 6.07) is 10.3. The fraction of sp³-hybridized carbons (Fsp3) is 0.348. The summed E-state index contributed by atoms with van der Waals surface area (Å²) in [5.74, 6) is -1.58. The zero-order valence-electron chi connectivity index (χ0n) is 19.0. The molecule has 0 spiro atoms. The molecular formula is C23H27N3O6S. The highest BCUT2D eigenvalue weighted by Gasteiger charge is 2.27. The van der Waals surface area contributed by atoms with E-state index in [2.05, 4.69) is 5.32 Å². The number of nitrogens with zero attached hydrogens (tertiary/aromatic N) is 2. The number of hydrogen-bond acceptors (Lipinski definition) is 6. The lowest BCUT2D eigenvalue weighted by atomic mass is 10.1. The maximum absolute atomic E-state index is 12.4. The fourth-order valence-corrected chi connectivity index (χ4v) is 4.62. The van der Waals surface area contributed by atoms with Gasteiger partial charge in [0.05, 0.1) is 24.1 Å². The molecule has 1 N–H and O–H groups in total. The van der Waals surface area contributed by atoms with Crippen LogP contribution in [0, 0.1) is 13.8 Å². The van der Waals surface area contributed by atoms with Crippen molar-refractivity contribution in [3.8, 4) is 0 Å². The number of para-hydroxylation sites is 1. The lowest BCUT2D eigenvalue weighted by Crippen LogP contribution is -2.37. The average molecular weight is 474 g/mol. The number of benzene rings is 2. The maximum Gasteiger partial charge on any atom is 0.338 e. The standard InChI is InChI=1S/C23H27N3O6S/c1-15-6-5-7-16(2)22(15)24-20(27)13-25(3)21(28)14-32-23(29)18-8-9-19-17(12-18)10-11-26(19)33(4,30)31/h5-9,12H,10-11,13-14H2,1-4H3,(H,24,27). The second-order valence-electron chi connectivity index (χ2n) is 8.07. The van der Waals surface area contributed by atoms with Crippen molar-refractivity contribution in [3.63, 3.8) is 0 Å². The summed E-state index contributed by atoms with van der Waals surface area (Å²) in [6.45, 7) is 3.38. The van der Waals surface area contributed by atoms with Crippen LogP contribution in [-0.2, 0) is 30.8 Å². The molecule has 0 saturated heterocycles. The zero-order chi connectivity index (χ0) is 24.3. The van der Waals surface area contributed by atoms with Crippen molar-refractivity contribution in [3.05, 3.63) is 58.7 Å². The van der Waals surface area contributed by atoms with Gasteiger partial charge in [-0.05, 0) is 55.2 Å². The Labute approximate surface area is 193 Å². The van der Waals surface area contributed by atoms with Crippen molar-refractivity contribution in [2.75, 3.05) is 42.6 Å². The number of aryl methyl sites for hydroxylation is 2. The normalized spacial score (nSPS) is 12.8. The van der Waals surface area contributed by atoms with Crippen molar-refractivity contribution < 1.29 is 27.5 Å². The van der Waals surface area contributed by atoms with Gasteiger partial charge in [-0.3, -0.25) is 13.9 Å². The molecule has 1 aliphatic rings. The molecule has 0 radical (unpaired) electrons. The van der Waals surface area contributed by atoms with Gasteiger partial charge in [0.1, 0.15) is 0 Å². The van der Waals surface area contributed by atoms with Gasteiger partial charge < -0.3 is 15.0 Å². The number of esters is 1. The minimum Gasteiger partial charge on any atom is -0.452 e. The molecule has 2 amide bonds. The minimum absolute atomic E-state index is 0.190. The van der Waals surface area contributed by atoms with Crippen LogP contribution in [0.4, 0.5) is 11.4 Å². The SMILES string of the molecule is Cc1cccc(C)c1NC(=O)CN(C)C(=O)COC(=O)c1ccc2c(c1)CCN2S(C)(=O)=O. The number of amides is 2. The van der Waals surface area contributed by atoms with Crippen molar-refractivity contribution in [1.29, 1.82) is 0 Å². The summed E-state index contributed by atoms with van der Waals surface area (Å²) in [6.07, 6.45) is 1.62. The second kappa shape index (κ2) is 9.62. The van der Waals surface area contributed by atoms with Gasteiger partial charge in [0, 0.05) is 19.3 Å². The lowest BCUT2D eigenvalue weighted by molar-refractivity contribution is -0.136. The van der Waals surface area contributed by atoms with E-state index in [-0.39, 0.29) is 18.0 Å². The fourth-order valence-electron chi connectivity index (χ4n) is 3.66. The molecule has 2 aromatic rings. The van der Waals surface area contributed by atoms with Gasteiger partial charge in [0.25, 0.3) is 5.91 Å². The van der Waals surface area contributed by atoms with Gasteiger partial charge in [-0.15, -0.1) is 0 Å². The molecule has 0 bridgehead atoms. The van der Waals surface area contributed by atoms with Crippen LogP contribution >= 0.6 is 0 Å². The number of sulfonamides is 1. The second-order valence-corrected chi connectivity index (χ2v) is 9.98. The molecule has 1 heterocycles. The van der Waals surface area contributed by atoms with Crippen LogP contribution in [0.2, 0.25) is 0 Å². The smallest absolute Gasteiger partial charge is 0.338 e. The third kappa shape index (κ3) is 5.70. The number of carbonyl (C=O) groups is 3. The van der Waals surface area contributed by atoms with Crippen LogP contribution in [0.1, 0.15) is 27.0 Å². The molecule has 0 unspecified atom stereocenters. The molecule has 0 saturated carbocycles. The van der Waals surface area contributed by atoms with Crippen molar-refractivity contribution in [1.82, 2.24) is 4.90 Å². The molecule has 1 aliphatic heterocycles. The maximum atomic E-state index is 12.4. The number of likely N-dealkylation sites (N-methyl/N-ethyl adjacent to an activating group) is 1. The predicted molar refractivity (Wildman–Crippen MR) is 125 cm³/mol. The van der Waals surface area contributed by atoms with E-state index < -0.39 is 28.5 Å². The number of rotatable bonds is 7. The number of carbonyl (C=O) groups excluding carboxylic acids is 3. The van der Waals surface area contributed by atoms with Crippen LogP contribution in [-0.4, -0.2) is 64.1 Å². The number of fused-ring (bicyclic) bond motifs is 1. The summed E-state index contributed by atoms with van der Waals surface area (Å²) in [4.78, 5) is 38.2. The third-order valence-corrected chi connectivity index (χ3v) is 6.63. The number of nitrogens with one attached hydrogen (secondary N) is 1. The topological polar surface area (TPSA) is 113 Å². The Bertz CT molecular complexity index is 1190.